The highest BCUT2D eigenvalue weighted by Gasteiger charge is 2.31. The number of hydrogen-bond donors (Lipinski definition) is 0. The third-order valence-corrected chi connectivity index (χ3v) is 4.78. The van der Waals surface area contributed by atoms with E-state index in [1.54, 1.807) is 0 Å². The Kier molecular flexibility index (Phi) is 3.69. The maximum atomic E-state index is 6.24. The Balaban J connectivity index is 1.84. The molecule has 2 aliphatic rings. The highest BCUT2D eigenvalue weighted by atomic mass is 35.5. The van der Waals surface area contributed by atoms with Gasteiger partial charge in [0.15, 0.2) is 0 Å². The molecule has 0 bridgehead atoms. The summed E-state index contributed by atoms with van der Waals surface area (Å²) in [5, 5.41) is 0.788. The molecule has 0 spiro atoms. The number of fused-ring (bicyclic) bond motifs is 1. The Morgan fingerprint density at radius 1 is 1.22 bits per heavy atom. The SMILES string of the molecule is ClCc1c(Cl)cccc1N1CCN2CCCC2C1. The second-order valence-corrected chi connectivity index (χ2v) is 5.82. The Labute approximate surface area is 118 Å². The molecule has 2 heterocycles. The van der Waals surface area contributed by atoms with Gasteiger partial charge in [-0.15, -0.1) is 11.6 Å². The fraction of sp³-hybridized carbons (Fsp3) is 0.571. The Bertz CT molecular complexity index is 436. The molecule has 0 amide bonds. The van der Waals surface area contributed by atoms with E-state index >= 15 is 0 Å². The van der Waals surface area contributed by atoms with Crippen LogP contribution in [0.5, 0.6) is 0 Å². The summed E-state index contributed by atoms with van der Waals surface area (Å²) in [5.41, 5.74) is 2.30. The minimum absolute atomic E-state index is 0.486. The Morgan fingerprint density at radius 2 is 2.11 bits per heavy atom. The molecule has 0 saturated carbocycles. The summed E-state index contributed by atoms with van der Waals surface area (Å²) in [4.78, 5) is 5.07. The number of benzene rings is 1. The zero-order chi connectivity index (χ0) is 12.5. The molecule has 0 N–H and O–H groups in total. The lowest BCUT2D eigenvalue weighted by atomic mass is 10.1. The average Bonchev–Trinajstić information content (AvgIpc) is 2.85. The number of piperazine rings is 1. The standard InChI is InChI=1S/C14H18Cl2N2/c15-9-12-13(16)4-1-5-14(12)18-8-7-17-6-2-3-11(17)10-18/h1,4-5,11H,2-3,6-10H2. The van der Waals surface area contributed by atoms with E-state index in [-0.39, 0.29) is 0 Å². The summed E-state index contributed by atoms with van der Waals surface area (Å²) < 4.78 is 0. The number of rotatable bonds is 2. The molecule has 0 aliphatic carbocycles. The molecule has 2 saturated heterocycles. The van der Waals surface area contributed by atoms with Crippen LogP contribution in [0.1, 0.15) is 18.4 Å². The third kappa shape index (κ3) is 2.22. The lowest BCUT2D eigenvalue weighted by molar-refractivity contribution is 0.231. The van der Waals surface area contributed by atoms with Crippen molar-refractivity contribution in [2.45, 2.75) is 24.8 Å². The van der Waals surface area contributed by atoms with E-state index < -0.39 is 0 Å². The van der Waals surface area contributed by atoms with Crippen LogP contribution in [0.2, 0.25) is 5.02 Å². The molecule has 1 atom stereocenters. The van der Waals surface area contributed by atoms with Crippen LogP contribution >= 0.6 is 23.2 Å². The van der Waals surface area contributed by atoms with E-state index in [4.69, 9.17) is 23.2 Å². The normalized spacial score (nSPS) is 24.3. The minimum atomic E-state index is 0.486. The zero-order valence-corrected chi connectivity index (χ0v) is 11.9. The van der Waals surface area contributed by atoms with E-state index in [1.807, 2.05) is 12.1 Å². The molecular formula is C14H18Cl2N2. The highest BCUT2D eigenvalue weighted by Crippen LogP contribution is 2.32. The molecule has 1 unspecified atom stereocenters. The molecule has 1 aromatic rings. The molecule has 2 nitrogen and oxygen atoms in total. The number of nitrogens with zero attached hydrogens (tertiary/aromatic N) is 2. The largest absolute Gasteiger partial charge is 0.368 e. The predicted octanol–water partition coefficient (Wildman–Crippen LogP) is 3.36. The van der Waals surface area contributed by atoms with Gasteiger partial charge in [0.05, 0.1) is 5.88 Å². The van der Waals surface area contributed by atoms with E-state index in [9.17, 15) is 0 Å². The zero-order valence-electron chi connectivity index (χ0n) is 10.4. The van der Waals surface area contributed by atoms with Crippen molar-refractivity contribution in [2.24, 2.45) is 0 Å². The average molecular weight is 285 g/mol. The van der Waals surface area contributed by atoms with Crippen molar-refractivity contribution in [1.82, 2.24) is 4.90 Å². The molecule has 2 aliphatic heterocycles. The van der Waals surface area contributed by atoms with Crippen LogP contribution in [-0.2, 0) is 5.88 Å². The van der Waals surface area contributed by atoms with Crippen molar-refractivity contribution in [1.29, 1.82) is 0 Å². The second kappa shape index (κ2) is 5.28. The van der Waals surface area contributed by atoms with Crippen molar-refractivity contribution >= 4 is 28.9 Å². The van der Waals surface area contributed by atoms with Gasteiger partial charge in [-0.05, 0) is 31.5 Å². The first-order valence-electron chi connectivity index (χ1n) is 6.62. The molecule has 98 valence electrons. The topological polar surface area (TPSA) is 6.48 Å². The quantitative estimate of drug-likeness (QED) is 0.769. The first-order valence-corrected chi connectivity index (χ1v) is 7.53. The molecule has 0 aromatic heterocycles. The van der Waals surface area contributed by atoms with Gasteiger partial charge < -0.3 is 4.90 Å². The summed E-state index contributed by atoms with van der Waals surface area (Å²) in [6.45, 7) is 4.64. The van der Waals surface area contributed by atoms with Gasteiger partial charge in [-0.25, -0.2) is 0 Å². The first-order chi connectivity index (χ1) is 8.79. The van der Waals surface area contributed by atoms with Gasteiger partial charge in [0.1, 0.15) is 0 Å². The monoisotopic (exact) mass is 284 g/mol. The third-order valence-electron chi connectivity index (χ3n) is 4.16. The van der Waals surface area contributed by atoms with Gasteiger partial charge in [-0.2, -0.15) is 0 Å². The lowest BCUT2D eigenvalue weighted by Crippen LogP contribution is -2.50. The van der Waals surface area contributed by atoms with Gasteiger partial charge in [0.25, 0.3) is 0 Å². The van der Waals surface area contributed by atoms with Crippen LogP contribution in [0.15, 0.2) is 18.2 Å². The molecule has 3 rings (SSSR count). The molecule has 1 aromatic carbocycles. The van der Waals surface area contributed by atoms with Gasteiger partial charge in [0, 0.05) is 41.9 Å². The maximum absolute atomic E-state index is 6.24. The van der Waals surface area contributed by atoms with Gasteiger partial charge >= 0.3 is 0 Å². The number of halogens is 2. The molecule has 2 fully saturated rings. The van der Waals surface area contributed by atoms with Crippen LogP contribution in [0.4, 0.5) is 5.69 Å². The van der Waals surface area contributed by atoms with Gasteiger partial charge in [0.2, 0.25) is 0 Å². The van der Waals surface area contributed by atoms with Crippen molar-refractivity contribution in [3.63, 3.8) is 0 Å². The van der Waals surface area contributed by atoms with Crippen molar-refractivity contribution < 1.29 is 0 Å². The fourth-order valence-electron chi connectivity index (χ4n) is 3.19. The number of hydrogen-bond acceptors (Lipinski definition) is 2. The number of anilines is 1. The van der Waals surface area contributed by atoms with Crippen LogP contribution in [0.25, 0.3) is 0 Å². The van der Waals surface area contributed by atoms with Crippen molar-refractivity contribution in [3.8, 4) is 0 Å². The van der Waals surface area contributed by atoms with Crippen molar-refractivity contribution in [3.05, 3.63) is 28.8 Å². The second-order valence-electron chi connectivity index (χ2n) is 5.15. The maximum Gasteiger partial charge on any atom is 0.0509 e. The molecule has 18 heavy (non-hydrogen) atoms. The lowest BCUT2D eigenvalue weighted by Gasteiger charge is -2.39. The van der Waals surface area contributed by atoms with Crippen LogP contribution in [-0.4, -0.2) is 37.1 Å². The summed E-state index contributed by atoms with van der Waals surface area (Å²) >= 11 is 12.3. The summed E-state index contributed by atoms with van der Waals surface area (Å²) in [6, 6.07) is 6.82. The summed E-state index contributed by atoms with van der Waals surface area (Å²) in [5.74, 6) is 0.486. The fourth-order valence-corrected chi connectivity index (χ4v) is 3.77. The van der Waals surface area contributed by atoms with E-state index in [1.165, 1.54) is 31.6 Å². The Morgan fingerprint density at radius 3 is 2.94 bits per heavy atom. The smallest absolute Gasteiger partial charge is 0.0509 e. The molecular weight excluding hydrogens is 267 g/mol. The summed E-state index contributed by atoms with van der Waals surface area (Å²) in [6.07, 6.45) is 2.67. The first kappa shape index (κ1) is 12.6. The van der Waals surface area contributed by atoms with Gasteiger partial charge in [-0.3, -0.25) is 4.90 Å². The molecule has 4 heteroatoms. The van der Waals surface area contributed by atoms with Crippen LogP contribution < -0.4 is 4.90 Å². The van der Waals surface area contributed by atoms with E-state index in [0.29, 0.717) is 5.88 Å². The minimum Gasteiger partial charge on any atom is -0.368 e. The Hall–Kier alpha value is -0.440. The predicted molar refractivity (Wildman–Crippen MR) is 77.8 cm³/mol. The van der Waals surface area contributed by atoms with Crippen molar-refractivity contribution in [2.75, 3.05) is 31.1 Å². The van der Waals surface area contributed by atoms with Crippen LogP contribution in [0, 0.1) is 0 Å². The number of alkyl halides is 1. The highest BCUT2D eigenvalue weighted by molar-refractivity contribution is 6.32. The van der Waals surface area contributed by atoms with E-state index in [2.05, 4.69) is 15.9 Å². The van der Waals surface area contributed by atoms with E-state index in [0.717, 1.165) is 29.7 Å². The van der Waals surface area contributed by atoms with Crippen LogP contribution in [0.3, 0.4) is 0 Å². The summed E-state index contributed by atoms with van der Waals surface area (Å²) in [7, 11) is 0. The molecule has 0 radical (unpaired) electrons. The van der Waals surface area contributed by atoms with Gasteiger partial charge in [-0.1, -0.05) is 17.7 Å².